The Morgan fingerprint density at radius 1 is 1.29 bits per heavy atom. The molecule has 1 N–H and O–H groups in total. The van der Waals surface area contributed by atoms with Crippen LogP contribution in [0.15, 0.2) is 0 Å². The summed E-state index contributed by atoms with van der Waals surface area (Å²) in [6.45, 7) is -1.09. The van der Waals surface area contributed by atoms with Crippen LogP contribution in [0.1, 0.15) is 32.1 Å². The first-order chi connectivity index (χ1) is 7.88. The molecule has 0 aromatic heterocycles. The number of rotatable bonds is 2. The maximum absolute atomic E-state index is 12.5. The highest BCUT2D eigenvalue weighted by Crippen LogP contribution is 2.40. The Bertz CT molecular complexity index is 306. The van der Waals surface area contributed by atoms with Crippen LogP contribution in [0, 0.1) is 5.92 Å². The van der Waals surface area contributed by atoms with Crippen LogP contribution in [-0.2, 0) is 4.79 Å². The highest BCUT2D eigenvalue weighted by molar-refractivity contribution is 5.74. The Morgan fingerprint density at radius 3 is 2.53 bits per heavy atom. The molecule has 2 fully saturated rings. The molecular formula is C11H16F3NO2. The summed E-state index contributed by atoms with van der Waals surface area (Å²) in [5.74, 6) is -0.990. The Kier molecular flexibility index (Phi) is 3.34. The quantitative estimate of drug-likeness (QED) is 0.818. The Hall–Kier alpha value is -0.780. The van der Waals surface area contributed by atoms with Gasteiger partial charge in [0.25, 0.3) is 0 Å². The molecule has 17 heavy (non-hydrogen) atoms. The van der Waals surface area contributed by atoms with Gasteiger partial charge in [-0.25, -0.2) is 0 Å². The molecule has 1 saturated carbocycles. The average molecular weight is 251 g/mol. The van der Waals surface area contributed by atoms with Gasteiger partial charge in [0.1, 0.15) is 6.04 Å². The molecule has 3 atom stereocenters. The van der Waals surface area contributed by atoms with E-state index in [4.69, 9.17) is 5.11 Å². The van der Waals surface area contributed by atoms with Crippen molar-refractivity contribution in [3.63, 3.8) is 0 Å². The van der Waals surface area contributed by atoms with Crippen LogP contribution in [0.5, 0.6) is 0 Å². The number of alkyl halides is 3. The van der Waals surface area contributed by atoms with E-state index in [1.165, 1.54) is 0 Å². The molecule has 0 amide bonds. The zero-order valence-corrected chi connectivity index (χ0v) is 9.41. The highest BCUT2D eigenvalue weighted by atomic mass is 19.4. The number of aliphatic carboxylic acids is 1. The summed E-state index contributed by atoms with van der Waals surface area (Å²) < 4.78 is 37.4. The lowest BCUT2D eigenvalue weighted by Crippen LogP contribution is -2.47. The Labute approximate surface area is 97.6 Å². The predicted molar refractivity (Wildman–Crippen MR) is 54.5 cm³/mol. The molecule has 3 unspecified atom stereocenters. The van der Waals surface area contributed by atoms with E-state index in [1.807, 2.05) is 0 Å². The van der Waals surface area contributed by atoms with Crippen molar-refractivity contribution in [3.8, 4) is 0 Å². The number of fused-ring (bicyclic) bond motifs is 1. The fraction of sp³-hybridized carbons (Fsp3) is 0.909. The van der Waals surface area contributed by atoms with Crippen molar-refractivity contribution >= 4 is 5.97 Å². The molecule has 0 aromatic rings. The van der Waals surface area contributed by atoms with E-state index in [-0.39, 0.29) is 12.0 Å². The molecule has 1 heterocycles. The van der Waals surface area contributed by atoms with E-state index in [1.54, 1.807) is 0 Å². The van der Waals surface area contributed by atoms with Gasteiger partial charge in [-0.2, -0.15) is 13.2 Å². The number of likely N-dealkylation sites (tertiary alicyclic amines) is 1. The van der Waals surface area contributed by atoms with Gasteiger partial charge in [0, 0.05) is 6.04 Å². The number of carboxylic acid groups (broad SMARTS) is 1. The second kappa shape index (κ2) is 4.48. The van der Waals surface area contributed by atoms with Gasteiger partial charge >= 0.3 is 12.1 Å². The molecule has 0 bridgehead atoms. The van der Waals surface area contributed by atoms with Gasteiger partial charge in [0.15, 0.2) is 0 Å². The average Bonchev–Trinajstić information content (AvgIpc) is 2.55. The van der Waals surface area contributed by atoms with Crippen molar-refractivity contribution in [2.75, 3.05) is 6.54 Å². The summed E-state index contributed by atoms with van der Waals surface area (Å²) in [5, 5.41) is 9.02. The molecule has 2 aliphatic rings. The maximum Gasteiger partial charge on any atom is 0.401 e. The van der Waals surface area contributed by atoms with E-state index in [2.05, 4.69) is 0 Å². The molecular weight excluding hydrogens is 235 g/mol. The predicted octanol–water partition coefficient (Wildman–Crippen LogP) is 2.27. The number of hydrogen-bond donors (Lipinski definition) is 1. The van der Waals surface area contributed by atoms with Crippen molar-refractivity contribution in [1.29, 1.82) is 0 Å². The number of carboxylic acids is 1. The third-order valence-corrected chi connectivity index (χ3v) is 3.87. The van der Waals surface area contributed by atoms with Crippen molar-refractivity contribution in [1.82, 2.24) is 4.90 Å². The summed E-state index contributed by atoms with van der Waals surface area (Å²) >= 11 is 0. The van der Waals surface area contributed by atoms with Crippen LogP contribution in [0.4, 0.5) is 13.2 Å². The van der Waals surface area contributed by atoms with Gasteiger partial charge in [-0.05, 0) is 25.2 Å². The van der Waals surface area contributed by atoms with Gasteiger partial charge in [0.2, 0.25) is 0 Å². The number of hydrogen-bond acceptors (Lipinski definition) is 2. The monoisotopic (exact) mass is 251 g/mol. The Morgan fingerprint density at radius 2 is 1.94 bits per heavy atom. The van der Waals surface area contributed by atoms with E-state index in [9.17, 15) is 18.0 Å². The molecule has 1 aliphatic carbocycles. The third kappa shape index (κ3) is 2.73. The smallest absolute Gasteiger partial charge is 0.401 e. The summed E-state index contributed by atoms with van der Waals surface area (Å²) in [5.41, 5.74) is 0. The van der Waals surface area contributed by atoms with E-state index in [0.717, 1.165) is 24.2 Å². The summed E-state index contributed by atoms with van der Waals surface area (Å²) in [6, 6.07) is -1.14. The normalized spacial score (nSPS) is 34.6. The van der Waals surface area contributed by atoms with Crippen molar-refractivity contribution in [2.45, 2.75) is 50.4 Å². The van der Waals surface area contributed by atoms with Crippen molar-refractivity contribution in [3.05, 3.63) is 0 Å². The van der Waals surface area contributed by atoms with Gasteiger partial charge in [-0.1, -0.05) is 12.8 Å². The molecule has 2 rings (SSSR count). The second-order valence-electron chi connectivity index (χ2n) is 4.99. The Balaban J connectivity index is 2.14. The zero-order valence-electron chi connectivity index (χ0n) is 9.41. The molecule has 1 aliphatic heterocycles. The minimum absolute atomic E-state index is 0.132. The van der Waals surface area contributed by atoms with Crippen LogP contribution >= 0.6 is 0 Å². The lowest BCUT2D eigenvalue weighted by atomic mass is 9.85. The standard InChI is InChI=1S/C11H16F3NO2/c12-11(13,14)6-15-8-4-2-1-3-7(8)5-9(15)10(16)17/h7-9H,1-6H2,(H,16,17). The minimum Gasteiger partial charge on any atom is -0.480 e. The van der Waals surface area contributed by atoms with E-state index < -0.39 is 24.7 Å². The molecule has 0 spiro atoms. The van der Waals surface area contributed by atoms with Gasteiger partial charge in [0.05, 0.1) is 6.54 Å². The SMILES string of the molecule is O=C(O)C1CC2CCCCC2N1CC(F)(F)F. The van der Waals surface area contributed by atoms with Crippen molar-refractivity contribution < 1.29 is 23.1 Å². The fourth-order valence-electron chi connectivity index (χ4n) is 3.23. The summed E-state index contributed by atoms with van der Waals surface area (Å²) in [4.78, 5) is 12.2. The van der Waals surface area contributed by atoms with Crippen molar-refractivity contribution in [2.24, 2.45) is 5.92 Å². The first kappa shape index (κ1) is 12.7. The lowest BCUT2D eigenvalue weighted by Gasteiger charge is -2.33. The zero-order chi connectivity index (χ0) is 12.6. The molecule has 0 aromatic carbocycles. The van der Waals surface area contributed by atoms with Gasteiger partial charge in [-0.15, -0.1) is 0 Å². The molecule has 6 heteroatoms. The lowest BCUT2D eigenvalue weighted by molar-refractivity contribution is -0.162. The third-order valence-electron chi connectivity index (χ3n) is 3.87. The highest BCUT2D eigenvalue weighted by Gasteiger charge is 2.48. The topological polar surface area (TPSA) is 40.5 Å². The first-order valence-corrected chi connectivity index (χ1v) is 5.94. The fourth-order valence-corrected chi connectivity index (χ4v) is 3.23. The molecule has 98 valence electrons. The van der Waals surface area contributed by atoms with E-state index >= 15 is 0 Å². The maximum atomic E-state index is 12.5. The number of carbonyl (C=O) groups is 1. The van der Waals surface area contributed by atoms with Gasteiger partial charge < -0.3 is 5.11 Å². The molecule has 1 saturated heterocycles. The first-order valence-electron chi connectivity index (χ1n) is 5.94. The molecule has 3 nitrogen and oxygen atoms in total. The van der Waals surface area contributed by atoms with Crippen LogP contribution in [0.2, 0.25) is 0 Å². The number of nitrogens with zero attached hydrogens (tertiary/aromatic N) is 1. The molecule has 0 radical (unpaired) electrons. The van der Waals surface area contributed by atoms with Crippen LogP contribution in [0.3, 0.4) is 0 Å². The van der Waals surface area contributed by atoms with Crippen LogP contribution in [-0.4, -0.2) is 40.8 Å². The summed E-state index contributed by atoms with van der Waals surface area (Å²) in [6.07, 6.45) is -0.474. The largest absolute Gasteiger partial charge is 0.480 e. The van der Waals surface area contributed by atoms with Crippen LogP contribution in [0.25, 0.3) is 0 Å². The summed E-state index contributed by atoms with van der Waals surface area (Å²) in [7, 11) is 0. The minimum atomic E-state index is -4.32. The van der Waals surface area contributed by atoms with Gasteiger partial charge in [-0.3, -0.25) is 9.69 Å². The second-order valence-corrected chi connectivity index (χ2v) is 4.99. The van der Waals surface area contributed by atoms with Crippen LogP contribution < -0.4 is 0 Å². The number of halogens is 3. The van der Waals surface area contributed by atoms with E-state index in [0.29, 0.717) is 12.8 Å².